The number of aromatic amines is 1. The van der Waals surface area contributed by atoms with Gasteiger partial charge in [0.25, 0.3) is 0 Å². The van der Waals surface area contributed by atoms with Crippen LogP contribution in [0.5, 0.6) is 0 Å². The molecule has 0 amide bonds. The zero-order valence-corrected chi connectivity index (χ0v) is 14.0. The van der Waals surface area contributed by atoms with Gasteiger partial charge in [-0.2, -0.15) is 5.10 Å². The van der Waals surface area contributed by atoms with E-state index < -0.39 is 0 Å². The molecule has 0 radical (unpaired) electrons. The molecule has 0 saturated carbocycles. The highest BCUT2D eigenvalue weighted by Gasteiger charge is 2.16. The van der Waals surface area contributed by atoms with Gasteiger partial charge in [0, 0.05) is 29.8 Å². The van der Waals surface area contributed by atoms with E-state index in [1.165, 1.54) is 6.33 Å². The number of benzene rings is 1. The largest absolute Gasteiger partial charge is 0.392 e. The fourth-order valence-electron chi connectivity index (χ4n) is 3.11. The van der Waals surface area contributed by atoms with Crippen molar-refractivity contribution in [3.05, 3.63) is 66.4 Å². The minimum Gasteiger partial charge on any atom is -0.392 e. The van der Waals surface area contributed by atoms with Gasteiger partial charge in [-0.15, -0.1) is 12.3 Å². The van der Waals surface area contributed by atoms with E-state index in [0.717, 1.165) is 33.4 Å². The maximum atomic E-state index is 9.40. The number of aromatic nitrogens is 5. The van der Waals surface area contributed by atoms with E-state index >= 15 is 0 Å². The molecule has 2 N–H and O–H groups in total. The third-order valence-electron chi connectivity index (χ3n) is 4.38. The Labute approximate surface area is 150 Å². The summed E-state index contributed by atoms with van der Waals surface area (Å²) >= 11 is 0. The van der Waals surface area contributed by atoms with Crippen LogP contribution in [0.15, 0.2) is 55.2 Å². The zero-order valence-electron chi connectivity index (χ0n) is 14.0. The summed E-state index contributed by atoms with van der Waals surface area (Å²) < 4.78 is 1.85. The molecule has 1 atom stereocenters. The van der Waals surface area contributed by atoms with Gasteiger partial charge >= 0.3 is 0 Å². The van der Waals surface area contributed by atoms with Gasteiger partial charge in [0.2, 0.25) is 0 Å². The molecule has 0 saturated heterocycles. The van der Waals surface area contributed by atoms with Crippen molar-refractivity contribution in [3.63, 3.8) is 0 Å². The Kier molecular flexibility index (Phi) is 4.22. The first kappa shape index (κ1) is 16.1. The Morgan fingerprint density at radius 1 is 1.27 bits per heavy atom. The molecule has 0 spiro atoms. The van der Waals surface area contributed by atoms with E-state index in [1.54, 1.807) is 6.20 Å². The molecule has 0 aliphatic rings. The van der Waals surface area contributed by atoms with E-state index in [9.17, 15) is 5.11 Å². The van der Waals surface area contributed by atoms with E-state index in [1.807, 2.05) is 47.4 Å². The van der Waals surface area contributed by atoms with Gasteiger partial charge in [0.15, 0.2) is 0 Å². The minimum atomic E-state index is -0.108. The highest BCUT2D eigenvalue weighted by atomic mass is 16.3. The second-order valence-corrected chi connectivity index (χ2v) is 6.00. The van der Waals surface area contributed by atoms with Crippen molar-refractivity contribution in [2.24, 2.45) is 0 Å². The number of fused-ring (bicyclic) bond motifs is 1. The number of nitrogens with one attached hydrogen (secondary N) is 1. The summed E-state index contributed by atoms with van der Waals surface area (Å²) in [4.78, 5) is 11.7. The Balaban J connectivity index is 1.75. The lowest BCUT2D eigenvalue weighted by Crippen LogP contribution is -2.11. The van der Waals surface area contributed by atoms with Crippen LogP contribution in [0.4, 0.5) is 0 Å². The van der Waals surface area contributed by atoms with Gasteiger partial charge in [0.1, 0.15) is 12.0 Å². The number of rotatable bonds is 5. The molecule has 128 valence electrons. The molecule has 4 rings (SSSR count). The van der Waals surface area contributed by atoms with Crippen molar-refractivity contribution in [2.45, 2.75) is 19.1 Å². The van der Waals surface area contributed by atoms with E-state index in [2.05, 4.69) is 26.0 Å². The van der Waals surface area contributed by atoms with Gasteiger partial charge in [0.05, 0.1) is 24.5 Å². The van der Waals surface area contributed by atoms with Crippen LogP contribution < -0.4 is 0 Å². The molecule has 1 aromatic carbocycles. The molecule has 0 aliphatic heterocycles. The second-order valence-electron chi connectivity index (χ2n) is 6.00. The maximum absolute atomic E-state index is 9.40. The first-order valence-electron chi connectivity index (χ1n) is 8.26. The third-order valence-corrected chi connectivity index (χ3v) is 4.38. The number of hydrogen-bond donors (Lipinski definition) is 2. The number of nitrogens with zero attached hydrogens (tertiary/aromatic N) is 4. The second kappa shape index (κ2) is 6.82. The fourth-order valence-corrected chi connectivity index (χ4v) is 3.11. The molecular weight excluding hydrogens is 326 g/mol. The Morgan fingerprint density at radius 2 is 2.19 bits per heavy atom. The monoisotopic (exact) mass is 343 g/mol. The number of aliphatic hydroxyl groups excluding tert-OH is 1. The van der Waals surface area contributed by atoms with Crippen molar-refractivity contribution in [1.82, 2.24) is 24.7 Å². The van der Waals surface area contributed by atoms with Gasteiger partial charge < -0.3 is 10.1 Å². The summed E-state index contributed by atoms with van der Waals surface area (Å²) in [5.74, 6) is 2.72. The van der Waals surface area contributed by atoms with Gasteiger partial charge in [-0.1, -0.05) is 24.3 Å². The third kappa shape index (κ3) is 2.85. The molecule has 0 fully saturated rings. The summed E-state index contributed by atoms with van der Waals surface area (Å²) in [6, 6.07) is 9.60. The number of H-pyrrole nitrogens is 1. The van der Waals surface area contributed by atoms with Crippen LogP contribution in [0.1, 0.15) is 23.6 Å². The Hall–Kier alpha value is -3.43. The van der Waals surface area contributed by atoms with Crippen molar-refractivity contribution >= 4 is 11.0 Å². The van der Waals surface area contributed by atoms with Crippen LogP contribution in [0.25, 0.3) is 22.3 Å². The van der Waals surface area contributed by atoms with Gasteiger partial charge in [-0.05, 0) is 17.2 Å². The van der Waals surface area contributed by atoms with Crippen LogP contribution in [0.2, 0.25) is 0 Å². The molecule has 6 nitrogen and oxygen atoms in total. The first-order chi connectivity index (χ1) is 12.8. The predicted molar refractivity (Wildman–Crippen MR) is 99.1 cm³/mol. The van der Waals surface area contributed by atoms with Crippen LogP contribution in [0, 0.1) is 12.3 Å². The molecule has 1 unspecified atom stereocenters. The standard InChI is InChI=1S/C20H17N5O/c1-2-4-18(15-6-3-5-14(9-15)12-26)25-11-16(10-24-25)19-17-7-8-21-20(17)23-13-22-19/h1,3,5-11,13,18,26H,4,12H2,(H,21,22,23). The highest BCUT2D eigenvalue weighted by molar-refractivity contribution is 5.89. The van der Waals surface area contributed by atoms with Gasteiger partial charge in [-0.3, -0.25) is 4.68 Å². The molecule has 0 aliphatic carbocycles. The van der Waals surface area contributed by atoms with Crippen LogP contribution in [0.3, 0.4) is 0 Å². The normalized spacial score (nSPS) is 12.2. The Morgan fingerprint density at radius 3 is 3.04 bits per heavy atom. The van der Waals surface area contributed by atoms with Crippen LogP contribution in [-0.4, -0.2) is 29.8 Å². The van der Waals surface area contributed by atoms with Crippen molar-refractivity contribution < 1.29 is 5.11 Å². The highest BCUT2D eigenvalue weighted by Crippen LogP contribution is 2.28. The average Bonchev–Trinajstić information content (AvgIpc) is 3.35. The molecular formula is C20H17N5O. The molecule has 3 heterocycles. The van der Waals surface area contributed by atoms with E-state index in [0.29, 0.717) is 6.42 Å². The lowest BCUT2D eigenvalue weighted by molar-refractivity contribution is 0.281. The van der Waals surface area contributed by atoms with Gasteiger partial charge in [-0.25, -0.2) is 9.97 Å². The van der Waals surface area contributed by atoms with E-state index in [-0.39, 0.29) is 12.6 Å². The van der Waals surface area contributed by atoms with Crippen LogP contribution >= 0.6 is 0 Å². The molecule has 0 bridgehead atoms. The summed E-state index contributed by atoms with van der Waals surface area (Å²) in [6.07, 6.45) is 13.2. The molecule has 6 heteroatoms. The van der Waals surface area contributed by atoms with Crippen LogP contribution in [-0.2, 0) is 6.61 Å². The lowest BCUT2D eigenvalue weighted by Gasteiger charge is -2.16. The van der Waals surface area contributed by atoms with Crippen molar-refractivity contribution in [1.29, 1.82) is 0 Å². The van der Waals surface area contributed by atoms with Crippen molar-refractivity contribution in [2.75, 3.05) is 0 Å². The summed E-state index contributed by atoms with van der Waals surface area (Å²) in [5.41, 5.74) is 4.38. The number of terminal acetylenes is 1. The quantitative estimate of drug-likeness (QED) is 0.546. The lowest BCUT2D eigenvalue weighted by atomic mass is 10.0. The fraction of sp³-hybridized carbons (Fsp3) is 0.150. The summed E-state index contributed by atoms with van der Waals surface area (Å²) in [5, 5.41) is 14.9. The average molecular weight is 343 g/mol. The topological polar surface area (TPSA) is 79.6 Å². The molecule has 3 aromatic heterocycles. The summed E-state index contributed by atoms with van der Waals surface area (Å²) in [6.45, 7) is -0.00657. The molecule has 26 heavy (non-hydrogen) atoms. The van der Waals surface area contributed by atoms with Crippen molar-refractivity contribution in [3.8, 4) is 23.6 Å². The summed E-state index contributed by atoms with van der Waals surface area (Å²) in [7, 11) is 0. The SMILES string of the molecule is C#CCC(c1cccc(CO)c1)n1cc(-c2ncnc3[nH]ccc23)cn1. The molecule has 4 aromatic rings. The Bertz CT molecular complexity index is 1090. The zero-order chi connectivity index (χ0) is 17.9. The maximum Gasteiger partial charge on any atom is 0.141 e. The minimum absolute atomic E-state index is 0.00657. The number of aliphatic hydroxyl groups is 1. The van der Waals surface area contributed by atoms with E-state index in [4.69, 9.17) is 6.42 Å². The predicted octanol–water partition coefficient (Wildman–Crippen LogP) is 2.93. The number of hydrogen-bond acceptors (Lipinski definition) is 4. The first-order valence-corrected chi connectivity index (χ1v) is 8.26. The smallest absolute Gasteiger partial charge is 0.141 e.